The molecule has 0 spiro atoms. The fourth-order valence-corrected chi connectivity index (χ4v) is 5.10. The molecule has 1 aliphatic heterocycles. The SMILES string of the molecule is [C-]#[N+]C(=CC1CC1)C(=O)N1CCCC(n2cc(-c3ccc(Oc4ccccc4)cc3)c3c(N)ncnc32)C1. The van der Waals surface area contributed by atoms with E-state index in [1.165, 1.54) is 6.33 Å². The lowest BCUT2D eigenvalue weighted by Gasteiger charge is -2.34. The molecule has 8 nitrogen and oxygen atoms in total. The predicted octanol–water partition coefficient (Wildman–Crippen LogP) is 5.85. The molecule has 2 aromatic carbocycles. The quantitative estimate of drug-likeness (QED) is 0.263. The summed E-state index contributed by atoms with van der Waals surface area (Å²) in [6.07, 6.45) is 9.28. The molecule has 0 bridgehead atoms. The van der Waals surface area contributed by atoms with Gasteiger partial charge in [-0.3, -0.25) is 4.79 Å². The van der Waals surface area contributed by atoms with Crippen molar-refractivity contribution in [3.63, 3.8) is 0 Å². The first kappa shape index (κ1) is 23.7. The van der Waals surface area contributed by atoms with Gasteiger partial charge < -0.3 is 19.9 Å². The van der Waals surface area contributed by atoms with Gasteiger partial charge in [0.2, 0.25) is 5.70 Å². The number of carbonyl (C=O) groups excluding carboxylic acids is 1. The minimum absolute atomic E-state index is 0.0202. The zero-order valence-corrected chi connectivity index (χ0v) is 21.0. The van der Waals surface area contributed by atoms with Crippen LogP contribution in [0.5, 0.6) is 11.5 Å². The summed E-state index contributed by atoms with van der Waals surface area (Å²) in [5.74, 6) is 2.14. The second-order valence-electron chi connectivity index (χ2n) is 9.90. The number of allylic oxidation sites excluding steroid dienone is 1. The summed E-state index contributed by atoms with van der Waals surface area (Å²) in [4.78, 5) is 27.4. The van der Waals surface area contributed by atoms with Crippen LogP contribution in [0, 0.1) is 12.5 Å². The Bertz CT molecular complexity index is 1550. The number of aromatic nitrogens is 3. The highest BCUT2D eigenvalue weighted by Crippen LogP contribution is 2.37. The van der Waals surface area contributed by atoms with Crippen molar-refractivity contribution in [1.29, 1.82) is 0 Å². The number of benzene rings is 2. The molecule has 190 valence electrons. The Labute approximate surface area is 221 Å². The number of anilines is 1. The van der Waals surface area contributed by atoms with Crippen LogP contribution in [0.2, 0.25) is 0 Å². The first-order valence-corrected chi connectivity index (χ1v) is 12.9. The number of piperidine rings is 1. The van der Waals surface area contributed by atoms with E-state index in [-0.39, 0.29) is 17.6 Å². The van der Waals surface area contributed by atoms with Crippen molar-refractivity contribution in [3.05, 3.63) is 90.3 Å². The number of para-hydroxylation sites is 1. The number of nitrogens with zero attached hydrogens (tertiary/aromatic N) is 5. The molecule has 1 aliphatic carbocycles. The summed E-state index contributed by atoms with van der Waals surface area (Å²) < 4.78 is 8.08. The predicted molar refractivity (Wildman–Crippen MR) is 146 cm³/mol. The summed E-state index contributed by atoms with van der Waals surface area (Å²) in [5, 5.41) is 0.795. The highest BCUT2D eigenvalue weighted by atomic mass is 16.5. The number of amides is 1. The highest BCUT2D eigenvalue weighted by Gasteiger charge is 2.30. The van der Waals surface area contributed by atoms with Crippen molar-refractivity contribution in [2.75, 3.05) is 18.8 Å². The van der Waals surface area contributed by atoms with E-state index in [1.807, 2.05) is 65.6 Å². The van der Waals surface area contributed by atoms with Crippen LogP contribution in [0.4, 0.5) is 5.82 Å². The van der Waals surface area contributed by atoms with E-state index < -0.39 is 0 Å². The Balaban J connectivity index is 1.30. The van der Waals surface area contributed by atoms with Gasteiger partial charge in [0.25, 0.3) is 5.91 Å². The number of rotatable bonds is 6. The second kappa shape index (κ2) is 10.0. The van der Waals surface area contributed by atoms with Gasteiger partial charge in [0.1, 0.15) is 29.3 Å². The minimum Gasteiger partial charge on any atom is -0.457 e. The average Bonchev–Trinajstić information content (AvgIpc) is 3.69. The normalized spacial score (nSPS) is 17.8. The maximum absolute atomic E-state index is 13.2. The molecule has 2 N–H and O–H groups in total. The Morgan fingerprint density at radius 1 is 1.05 bits per heavy atom. The van der Waals surface area contributed by atoms with Gasteiger partial charge in [-0.2, -0.15) is 0 Å². The van der Waals surface area contributed by atoms with Gasteiger partial charge in [0, 0.05) is 24.8 Å². The fraction of sp³-hybridized carbons (Fsp3) is 0.267. The molecule has 2 aliphatic rings. The lowest BCUT2D eigenvalue weighted by atomic mass is 10.0. The number of nitrogens with two attached hydrogens (primary N) is 1. The molecule has 38 heavy (non-hydrogen) atoms. The van der Waals surface area contributed by atoms with Gasteiger partial charge in [-0.1, -0.05) is 36.4 Å². The molecule has 1 unspecified atom stereocenters. The smallest absolute Gasteiger partial charge is 0.252 e. The number of ether oxygens (including phenoxy) is 1. The van der Waals surface area contributed by atoms with Crippen molar-refractivity contribution in [3.8, 4) is 22.6 Å². The van der Waals surface area contributed by atoms with Crippen molar-refractivity contribution in [2.45, 2.75) is 31.7 Å². The highest BCUT2D eigenvalue weighted by molar-refractivity contribution is 6.00. The van der Waals surface area contributed by atoms with Crippen LogP contribution in [-0.4, -0.2) is 38.4 Å². The van der Waals surface area contributed by atoms with Crippen molar-refractivity contribution in [1.82, 2.24) is 19.4 Å². The number of carbonyl (C=O) groups is 1. The van der Waals surface area contributed by atoms with E-state index in [2.05, 4.69) is 25.6 Å². The molecule has 1 saturated carbocycles. The molecular formula is C30H28N6O2. The number of hydrogen-bond acceptors (Lipinski definition) is 5. The lowest BCUT2D eigenvalue weighted by Crippen LogP contribution is -2.41. The topological polar surface area (TPSA) is 90.6 Å². The minimum atomic E-state index is -0.170. The third-order valence-corrected chi connectivity index (χ3v) is 7.22. The van der Waals surface area contributed by atoms with E-state index >= 15 is 0 Å². The van der Waals surface area contributed by atoms with Crippen molar-refractivity contribution >= 4 is 22.8 Å². The van der Waals surface area contributed by atoms with Crippen LogP contribution in [0.15, 0.2) is 78.9 Å². The van der Waals surface area contributed by atoms with Crippen LogP contribution >= 0.6 is 0 Å². The van der Waals surface area contributed by atoms with Gasteiger partial charge in [0.05, 0.1) is 18.0 Å². The number of nitrogen functional groups attached to an aromatic ring is 1. The van der Waals surface area contributed by atoms with Crippen LogP contribution < -0.4 is 10.5 Å². The number of hydrogen-bond donors (Lipinski definition) is 1. The monoisotopic (exact) mass is 504 g/mol. The summed E-state index contributed by atoms with van der Waals surface area (Å²) in [7, 11) is 0. The van der Waals surface area contributed by atoms with Gasteiger partial charge in [-0.15, -0.1) is 0 Å². The van der Waals surface area contributed by atoms with E-state index in [4.69, 9.17) is 17.0 Å². The van der Waals surface area contributed by atoms with Crippen LogP contribution in [-0.2, 0) is 4.79 Å². The first-order valence-electron chi connectivity index (χ1n) is 12.9. The zero-order valence-electron chi connectivity index (χ0n) is 21.0. The molecule has 8 heteroatoms. The van der Waals surface area contributed by atoms with Crippen molar-refractivity contribution < 1.29 is 9.53 Å². The van der Waals surface area contributed by atoms with Crippen molar-refractivity contribution in [2.24, 2.45) is 5.92 Å². The lowest BCUT2D eigenvalue weighted by molar-refractivity contribution is -0.128. The van der Waals surface area contributed by atoms with E-state index in [0.717, 1.165) is 59.3 Å². The average molecular weight is 505 g/mol. The molecule has 0 radical (unpaired) electrons. The van der Waals surface area contributed by atoms with E-state index in [0.29, 0.717) is 24.8 Å². The zero-order chi connectivity index (χ0) is 26.1. The third-order valence-electron chi connectivity index (χ3n) is 7.22. The Kier molecular flexibility index (Phi) is 6.26. The Hall–Kier alpha value is -4.64. The second-order valence-corrected chi connectivity index (χ2v) is 9.90. The number of fused-ring (bicyclic) bond motifs is 1. The Morgan fingerprint density at radius 3 is 2.55 bits per heavy atom. The molecule has 6 rings (SSSR count). The summed E-state index contributed by atoms with van der Waals surface area (Å²) >= 11 is 0. The molecule has 3 heterocycles. The van der Waals surface area contributed by atoms with Crippen LogP contribution in [0.1, 0.15) is 31.7 Å². The summed E-state index contributed by atoms with van der Waals surface area (Å²) in [5.41, 5.74) is 9.26. The standard InChI is InChI=1S/C30H28N6O2/c1-32-26(16-20-9-10-20)30(37)35-15-5-6-22(17-35)36-18-25(27-28(31)33-19-34-29(27)36)21-11-13-24(14-12-21)38-23-7-3-2-4-8-23/h2-4,7-8,11-14,16,18-20,22H,5-6,9-10,15,17H2,(H2,31,33,34). The summed E-state index contributed by atoms with van der Waals surface area (Å²) in [6, 6.07) is 17.6. The van der Waals surface area contributed by atoms with Gasteiger partial charge in [-0.25, -0.2) is 14.8 Å². The van der Waals surface area contributed by atoms with E-state index in [1.54, 1.807) is 0 Å². The molecule has 1 amide bonds. The molecular weight excluding hydrogens is 476 g/mol. The van der Waals surface area contributed by atoms with Gasteiger partial charge in [-0.05, 0) is 61.4 Å². The summed E-state index contributed by atoms with van der Waals surface area (Å²) in [6.45, 7) is 8.69. The Morgan fingerprint density at radius 2 is 1.82 bits per heavy atom. The fourth-order valence-electron chi connectivity index (χ4n) is 5.10. The maximum Gasteiger partial charge on any atom is 0.252 e. The molecule has 2 fully saturated rings. The molecule has 4 aromatic rings. The van der Waals surface area contributed by atoms with Gasteiger partial charge >= 0.3 is 0 Å². The van der Waals surface area contributed by atoms with Crippen LogP contribution in [0.25, 0.3) is 27.0 Å². The van der Waals surface area contributed by atoms with E-state index in [9.17, 15) is 4.79 Å². The van der Waals surface area contributed by atoms with Gasteiger partial charge in [0.15, 0.2) is 0 Å². The van der Waals surface area contributed by atoms with Crippen LogP contribution in [0.3, 0.4) is 0 Å². The number of likely N-dealkylation sites (tertiary alicyclic amines) is 1. The molecule has 2 aromatic heterocycles. The third kappa shape index (κ3) is 4.71. The molecule has 1 atom stereocenters. The maximum atomic E-state index is 13.2. The molecule has 1 saturated heterocycles. The largest absolute Gasteiger partial charge is 0.457 e. The first-order chi connectivity index (χ1) is 18.6.